The molecule has 5 nitrogen and oxygen atoms in total. The van der Waals surface area contributed by atoms with Crippen LogP contribution in [0.4, 0.5) is 0 Å². The van der Waals surface area contributed by atoms with Gasteiger partial charge < -0.3 is 18.9 Å². The highest BCUT2D eigenvalue weighted by atomic mass is 32.1. The Morgan fingerprint density at radius 2 is 1.62 bits per heavy atom. The molecule has 0 aliphatic heterocycles. The molecule has 3 rings (SSSR count). The lowest BCUT2D eigenvalue weighted by molar-refractivity contribution is 0.104. The first-order valence-electron chi connectivity index (χ1n) is 8.92. The number of carbonyl (C=O) groups excluding carboxylic acids is 1. The van der Waals surface area contributed by atoms with Crippen molar-refractivity contribution in [2.75, 3.05) is 21.3 Å². The van der Waals surface area contributed by atoms with Crippen LogP contribution < -0.4 is 18.9 Å². The largest absolute Gasteiger partial charge is 0.493 e. The Bertz CT molecular complexity index is 993. The predicted molar refractivity (Wildman–Crippen MR) is 115 cm³/mol. The van der Waals surface area contributed by atoms with Crippen molar-refractivity contribution >= 4 is 23.2 Å². The molecule has 0 saturated carbocycles. The molecule has 29 heavy (non-hydrogen) atoms. The van der Waals surface area contributed by atoms with Crippen molar-refractivity contribution in [2.45, 2.75) is 6.61 Å². The van der Waals surface area contributed by atoms with Gasteiger partial charge in [-0.3, -0.25) is 4.79 Å². The van der Waals surface area contributed by atoms with E-state index in [0.29, 0.717) is 35.2 Å². The van der Waals surface area contributed by atoms with Crippen molar-refractivity contribution in [2.24, 2.45) is 0 Å². The summed E-state index contributed by atoms with van der Waals surface area (Å²) in [5, 5.41) is 2.01. The van der Waals surface area contributed by atoms with Gasteiger partial charge in [-0.15, -0.1) is 11.3 Å². The second-order valence-corrected chi connectivity index (χ2v) is 7.08. The minimum Gasteiger partial charge on any atom is -0.493 e. The fourth-order valence-corrected chi connectivity index (χ4v) is 3.32. The zero-order valence-corrected chi connectivity index (χ0v) is 17.3. The molecule has 0 radical (unpaired) electrons. The summed E-state index contributed by atoms with van der Waals surface area (Å²) in [6.07, 6.45) is 3.26. The minimum absolute atomic E-state index is 0.136. The van der Waals surface area contributed by atoms with Crippen LogP contribution in [0.15, 0.2) is 60.0 Å². The number of rotatable bonds is 9. The summed E-state index contributed by atoms with van der Waals surface area (Å²) in [5.74, 6) is 2.23. The second-order valence-electron chi connectivity index (χ2n) is 6.05. The van der Waals surface area contributed by atoms with Crippen LogP contribution in [0, 0.1) is 0 Å². The molecule has 0 amide bonds. The number of ketones is 1. The molecule has 2 aromatic carbocycles. The van der Waals surface area contributed by atoms with Gasteiger partial charge in [0.25, 0.3) is 0 Å². The number of carbonyl (C=O) groups is 1. The first-order valence-corrected chi connectivity index (χ1v) is 9.80. The molecule has 1 heterocycles. The fourth-order valence-electron chi connectivity index (χ4n) is 2.71. The molecule has 0 aliphatic carbocycles. The fraction of sp³-hybridized carbons (Fsp3) is 0.174. The molecule has 0 unspecified atom stereocenters. The van der Waals surface area contributed by atoms with Gasteiger partial charge in [0.05, 0.1) is 21.3 Å². The third-order valence-corrected chi connectivity index (χ3v) is 5.08. The highest BCUT2D eigenvalue weighted by molar-refractivity contribution is 7.09. The Hall–Kier alpha value is -3.25. The van der Waals surface area contributed by atoms with Crippen LogP contribution in [0.2, 0.25) is 0 Å². The summed E-state index contributed by atoms with van der Waals surface area (Å²) in [5.41, 5.74) is 1.35. The normalized spacial score (nSPS) is 10.7. The average Bonchev–Trinajstić information content (AvgIpc) is 3.29. The molecule has 0 bridgehead atoms. The third kappa shape index (κ3) is 5.18. The van der Waals surface area contributed by atoms with Gasteiger partial charge in [-0.05, 0) is 53.4 Å². The zero-order chi connectivity index (χ0) is 20.6. The van der Waals surface area contributed by atoms with E-state index in [1.807, 2.05) is 35.7 Å². The molecule has 0 saturated heterocycles. The molecule has 150 valence electrons. The van der Waals surface area contributed by atoms with Gasteiger partial charge in [0.2, 0.25) is 0 Å². The van der Waals surface area contributed by atoms with Crippen molar-refractivity contribution in [3.63, 3.8) is 0 Å². The first kappa shape index (κ1) is 20.5. The quantitative estimate of drug-likeness (QED) is 0.356. The van der Waals surface area contributed by atoms with Crippen LogP contribution in [-0.2, 0) is 6.61 Å². The van der Waals surface area contributed by atoms with E-state index in [1.54, 1.807) is 49.8 Å². The molecule has 0 spiro atoms. The van der Waals surface area contributed by atoms with Gasteiger partial charge in [-0.2, -0.15) is 0 Å². The Labute approximate surface area is 174 Å². The number of hydrogen-bond acceptors (Lipinski definition) is 6. The number of benzene rings is 2. The molecule has 0 atom stereocenters. The monoisotopic (exact) mass is 410 g/mol. The number of ether oxygens (including phenoxy) is 4. The Kier molecular flexibility index (Phi) is 6.92. The van der Waals surface area contributed by atoms with Crippen LogP contribution in [0.3, 0.4) is 0 Å². The van der Waals surface area contributed by atoms with Crippen molar-refractivity contribution in [1.29, 1.82) is 0 Å². The molecule has 3 aromatic rings. The summed E-state index contributed by atoms with van der Waals surface area (Å²) in [4.78, 5) is 13.6. The molecular formula is C23H22O5S. The van der Waals surface area contributed by atoms with Gasteiger partial charge in [0.1, 0.15) is 6.61 Å². The van der Waals surface area contributed by atoms with Crippen LogP contribution in [-0.4, -0.2) is 27.1 Å². The van der Waals surface area contributed by atoms with Crippen molar-refractivity contribution in [3.8, 4) is 23.0 Å². The van der Waals surface area contributed by atoms with Gasteiger partial charge in [-0.25, -0.2) is 0 Å². The van der Waals surface area contributed by atoms with E-state index >= 15 is 0 Å². The topological polar surface area (TPSA) is 54.0 Å². The summed E-state index contributed by atoms with van der Waals surface area (Å²) in [6.45, 7) is 0.487. The highest BCUT2D eigenvalue weighted by Crippen LogP contribution is 2.30. The summed E-state index contributed by atoms with van der Waals surface area (Å²) in [6, 6.07) is 14.6. The first-order chi connectivity index (χ1) is 14.1. The lowest BCUT2D eigenvalue weighted by atomic mass is 10.1. The van der Waals surface area contributed by atoms with E-state index in [9.17, 15) is 4.79 Å². The lowest BCUT2D eigenvalue weighted by Crippen LogP contribution is -1.98. The predicted octanol–water partition coefficient (Wildman–Crippen LogP) is 5.25. The van der Waals surface area contributed by atoms with Crippen LogP contribution in [0.1, 0.15) is 20.8 Å². The lowest BCUT2D eigenvalue weighted by Gasteiger charge is -2.10. The van der Waals surface area contributed by atoms with E-state index in [1.165, 1.54) is 13.2 Å². The Morgan fingerprint density at radius 3 is 2.31 bits per heavy atom. The molecule has 0 fully saturated rings. The molecule has 0 N–H and O–H groups in total. The smallest absolute Gasteiger partial charge is 0.185 e. The summed E-state index contributed by atoms with van der Waals surface area (Å²) >= 11 is 1.64. The van der Waals surface area contributed by atoms with Crippen molar-refractivity contribution in [3.05, 3.63) is 76.0 Å². The maximum atomic E-state index is 12.5. The minimum atomic E-state index is -0.136. The average molecular weight is 410 g/mol. The Morgan fingerprint density at radius 1 is 0.897 bits per heavy atom. The van der Waals surface area contributed by atoms with E-state index in [4.69, 9.17) is 18.9 Å². The highest BCUT2D eigenvalue weighted by Gasteiger charge is 2.09. The van der Waals surface area contributed by atoms with Crippen molar-refractivity contribution in [1.82, 2.24) is 0 Å². The van der Waals surface area contributed by atoms with E-state index in [-0.39, 0.29) is 5.78 Å². The van der Waals surface area contributed by atoms with Gasteiger partial charge in [0.15, 0.2) is 28.8 Å². The van der Waals surface area contributed by atoms with Gasteiger partial charge in [0, 0.05) is 10.4 Å². The maximum Gasteiger partial charge on any atom is 0.185 e. The Balaban J connectivity index is 1.72. The maximum absolute atomic E-state index is 12.5. The zero-order valence-electron chi connectivity index (χ0n) is 16.5. The molecule has 1 aromatic heterocycles. The van der Waals surface area contributed by atoms with E-state index < -0.39 is 0 Å². The van der Waals surface area contributed by atoms with Gasteiger partial charge in [-0.1, -0.05) is 18.2 Å². The summed E-state index contributed by atoms with van der Waals surface area (Å²) in [7, 11) is 4.69. The standard InChI is InChI=1S/C23H22O5S/c1-25-20-11-8-17(14-23(20)27-3)19(24)9-6-16-7-10-21(22(13-16)26-2)28-15-18-5-4-12-29-18/h4-14H,15H2,1-3H3/b9-6+. The van der Waals surface area contributed by atoms with Crippen LogP contribution in [0.5, 0.6) is 23.0 Å². The molecular weight excluding hydrogens is 388 g/mol. The van der Waals surface area contributed by atoms with Gasteiger partial charge >= 0.3 is 0 Å². The van der Waals surface area contributed by atoms with Crippen LogP contribution in [0.25, 0.3) is 6.08 Å². The van der Waals surface area contributed by atoms with Crippen LogP contribution >= 0.6 is 11.3 Å². The number of hydrogen-bond donors (Lipinski definition) is 0. The SMILES string of the molecule is COc1ccc(C(=O)/C=C/c2ccc(OCc3cccs3)c(OC)c2)cc1OC. The summed E-state index contributed by atoms with van der Waals surface area (Å²) < 4.78 is 21.7. The number of methoxy groups -OCH3 is 3. The van der Waals surface area contributed by atoms with Crippen molar-refractivity contribution < 1.29 is 23.7 Å². The third-order valence-electron chi connectivity index (χ3n) is 4.23. The van der Waals surface area contributed by atoms with E-state index in [0.717, 1.165) is 10.4 Å². The number of allylic oxidation sites excluding steroid dienone is 1. The molecule has 0 aliphatic rings. The molecule has 6 heteroatoms. The van der Waals surface area contributed by atoms with E-state index in [2.05, 4.69) is 0 Å². The number of thiophene rings is 1. The second kappa shape index (κ2) is 9.80.